The van der Waals surface area contributed by atoms with E-state index >= 15 is 0 Å². The number of rotatable bonds is 8. The Bertz CT molecular complexity index is 1580. The van der Waals surface area contributed by atoms with Gasteiger partial charge in [-0.2, -0.15) is 10.1 Å². The Kier molecular flexibility index (Phi) is 7.41. The highest BCUT2D eigenvalue weighted by molar-refractivity contribution is 7.92. The molecule has 1 aliphatic rings. The van der Waals surface area contributed by atoms with Crippen molar-refractivity contribution in [1.82, 2.24) is 25.1 Å². The van der Waals surface area contributed by atoms with Crippen molar-refractivity contribution in [2.24, 2.45) is 0 Å². The Morgan fingerprint density at radius 3 is 2.49 bits per heavy atom. The lowest BCUT2D eigenvalue weighted by Gasteiger charge is -2.34. The number of piperidine rings is 1. The van der Waals surface area contributed by atoms with E-state index in [-0.39, 0.29) is 17.5 Å². The van der Waals surface area contributed by atoms with Crippen molar-refractivity contribution in [1.29, 1.82) is 0 Å². The summed E-state index contributed by atoms with van der Waals surface area (Å²) in [5, 5.41) is 8.02. The number of aromatic amines is 1. The minimum absolute atomic E-state index is 0.0361. The lowest BCUT2D eigenvalue weighted by Crippen LogP contribution is -2.41. The van der Waals surface area contributed by atoms with Gasteiger partial charge in [-0.25, -0.2) is 17.8 Å². The molecule has 3 heterocycles. The SMILES string of the molecule is COc1ccc(F)c(S(=O)(=O)Nc2ccc(-c3nc(OC4CCN(C(C)C)CC4)c4c(C)[nH]nc4n3)cc2)c1. The standard InChI is InChI=1S/C27H31FN6O4S/c1-16(2)34-13-11-20(12-14-34)38-27-24-17(3)31-32-26(24)29-25(30-27)18-5-7-19(8-6-18)33-39(35,36)23-15-21(37-4)9-10-22(23)28/h5-10,15-16,20,33H,11-14H2,1-4H3,(H,29,30,31,32). The van der Waals surface area contributed by atoms with Crippen molar-refractivity contribution in [3.05, 3.63) is 54.0 Å². The number of sulfonamides is 1. The van der Waals surface area contributed by atoms with Crippen LogP contribution in [-0.2, 0) is 10.0 Å². The average molecular weight is 555 g/mol. The number of H-pyrrole nitrogens is 1. The average Bonchev–Trinajstić information content (AvgIpc) is 3.30. The van der Waals surface area contributed by atoms with Crippen molar-refractivity contribution < 1.29 is 22.3 Å². The number of nitrogens with zero attached hydrogens (tertiary/aromatic N) is 4. The van der Waals surface area contributed by atoms with E-state index in [2.05, 4.69) is 38.7 Å². The summed E-state index contributed by atoms with van der Waals surface area (Å²) in [6.07, 6.45) is 1.84. The van der Waals surface area contributed by atoms with E-state index in [4.69, 9.17) is 14.5 Å². The normalized spacial score (nSPS) is 15.1. The third-order valence-electron chi connectivity index (χ3n) is 6.87. The van der Waals surface area contributed by atoms with Gasteiger partial charge in [0.15, 0.2) is 11.5 Å². The molecule has 0 spiro atoms. The number of anilines is 1. The smallest absolute Gasteiger partial charge is 0.264 e. The highest BCUT2D eigenvalue weighted by Crippen LogP contribution is 2.31. The molecule has 0 aliphatic carbocycles. The number of hydrogen-bond donors (Lipinski definition) is 2. The van der Waals surface area contributed by atoms with E-state index in [0.29, 0.717) is 29.0 Å². The fourth-order valence-electron chi connectivity index (χ4n) is 4.63. The van der Waals surface area contributed by atoms with Gasteiger partial charge in [0.2, 0.25) is 5.88 Å². The number of halogens is 1. The van der Waals surface area contributed by atoms with E-state index in [1.54, 1.807) is 24.3 Å². The van der Waals surface area contributed by atoms with E-state index in [1.165, 1.54) is 13.2 Å². The van der Waals surface area contributed by atoms with Crippen LogP contribution in [0.25, 0.3) is 22.4 Å². The molecule has 39 heavy (non-hydrogen) atoms. The molecule has 4 aromatic rings. The second kappa shape index (κ2) is 10.8. The zero-order valence-corrected chi connectivity index (χ0v) is 23.0. The molecule has 0 saturated carbocycles. The summed E-state index contributed by atoms with van der Waals surface area (Å²) in [6, 6.07) is 10.5. The summed E-state index contributed by atoms with van der Waals surface area (Å²) in [6.45, 7) is 8.22. The van der Waals surface area contributed by atoms with Crippen LogP contribution in [0.3, 0.4) is 0 Å². The zero-order chi connectivity index (χ0) is 27.7. The maximum Gasteiger partial charge on any atom is 0.264 e. The van der Waals surface area contributed by atoms with Crippen LogP contribution in [0.1, 0.15) is 32.4 Å². The van der Waals surface area contributed by atoms with Crippen LogP contribution >= 0.6 is 0 Å². The number of benzene rings is 2. The monoisotopic (exact) mass is 554 g/mol. The maximum atomic E-state index is 14.3. The summed E-state index contributed by atoms with van der Waals surface area (Å²) < 4.78 is 53.7. The first-order chi connectivity index (χ1) is 18.6. The largest absolute Gasteiger partial charge is 0.497 e. The quantitative estimate of drug-likeness (QED) is 0.326. The van der Waals surface area contributed by atoms with E-state index < -0.39 is 20.7 Å². The Balaban J connectivity index is 1.38. The summed E-state index contributed by atoms with van der Waals surface area (Å²) in [4.78, 5) is 11.2. The highest BCUT2D eigenvalue weighted by Gasteiger charge is 2.25. The molecule has 1 aliphatic heterocycles. The van der Waals surface area contributed by atoms with E-state index in [0.717, 1.165) is 49.1 Å². The number of methoxy groups -OCH3 is 1. The Labute approximate surface area is 226 Å². The van der Waals surface area contributed by atoms with Crippen molar-refractivity contribution in [2.45, 2.75) is 50.7 Å². The van der Waals surface area contributed by atoms with Gasteiger partial charge in [0.1, 0.15) is 28.0 Å². The zero-order valence-electron chi connectivity index (χ0n) is 22.2. The van der Waals surface area contributed by atoms with Gasteiger partial charge in [-0.3, -0.25) is 9.82 Å². The van der Waals surface area contributed by atoms with Gasteiger partial charge in [-0.15, -0.1) is 0 Å². The number of aromatic nitrogens is 4. The van der Waals surface area contributed by atoms with Crippen LogP contribution in [0.4, 0.5) is 10.1 Å². The second-order valence-electron chi connectivity index (χ2n) is 9.83. The first kappa shape index (κ1) is 26.8. The molecule has 2 aromatic heterocycles. The first-order valence-electron chi connectivity index (χ1n) is 12.7. The molecule has 12 heteroatoms. The van der Waals surface area contributed by atoms with Crippen LogP contribution in [0.2, 0.25) is 0 Å². The summed E-state index contributed by atoms with van der Waals surface area (Å²) >= 11 is 0. The van der Waals surface area contributed by atoms with Crippen molar-refractivity contribution in [3.63, 3.8) is 0 Å². The fourth-order valence-corrected chi connectivity index (χ4v) is 5.78. The minimum atomic E-state index is -4.19. The van der Waals surface area contributed by atoms with Crippen LogP contribution < -0.4 is 14.2 Å². The third-order valence-corrected chi connectivity index (χ3v) is 8.27. The molecular weight excluding hydrogens is 523 g/mol. The van der Waals surface area contributed by atoms with Gasteiger partial charge in [0.25, 0.3) is 10.0 Å². The molecule has 10 nitrogen and oxygen atoms in total. The summed E-state index contributed by atoms with van der Waals surface area (Å²) in [5.74, 6) is 0.231. The topological polar surface area (TPSA) is 122 Å². The minimum Gasteiger partial charge on any atom is -0.497 e. The lowest BCUT2D eigenvalue weighted by molar-refractivity contribution is 0.0824. The number of nitrogens with one attached hydrogen (secondary N) is 2. The van der Waals surface area contributed by atoms with Gasteiger partial charge in [0, 0.05) is 42.1 Å². The molecule has 0 unspecified atom stereocenters. The molecule has 206 valence electrons. The van der Waals surface area contributed by atoms with Gasteiger partial charge < -0.3 is 14.4 Å². The predicted molar refractivity (Wildman–Crippen MR) is 146 cm³/mol. The predicted octanol–water partition coefficient (Wildman–Crippen LogP) is 4.53. The van der Waals surface area contributed by atoms with Crippen LogP contribution in [0, 0.1) is 12.7 Å². The molecule has 1 saturated heterocycles. The summed E-state index contributed by atoms with van der Waals surface area (Å²) in [5.41, 5.74) is 2.21. The molecule has 0 radical (unpaired) electrons. The van der Waals surface area contributed by atoms with Gasteiger partial charge in [-0.1, -0.05) is 0 Å². The van der Waals surface area contributed by atoms with Crippen LogP contribution in [0.5, 0.6) is 11.6 Å². The molecule has 2 aromatic carbocycles. The Morgan fingerprint density at radius 1 is 1.10 bits per heavy atom. The Hall–Kier alpha value is -3.77. The number of likely N-dealkylation sites (tertiary alicyclic amines) is 1. The molecule has 0 amide bonds. The van der Waals surface area contributed by atoms with E-state index in [1.807, 2.05) is 6.92 Å². The van der Waals surface area contributed by atoms with Gasteiger partial charge in [-0.05, 0) is 70.0 Å². The van der Waals surface area contributed by atoms with E-state index in [9.17, 15) is 12.8 Å². The number of hydrogen-bond acceptors (Lipinski definition) is 8. The molecular formula is C27H31FN6O4S. The molecule has 5 rings (SSSR count). The van der Waals surface area contributed by atoms with Crippen molar-refractivity contribution in [2.75, 3.05) is 24.9 Å². The Morgan fingerprint density at radius 2 is 1.82 bits per heavy atom. The molecule has 0 bridgehead atoms. The highest BCUT2D eigenvalue weighted by atomic mass is 32.2. The number of fused-ring (bicyclic) bond motifs is 1. The lowest BCUT2D eigenvalue weighted by atomic mass is 10.1. The van der Waals surface area contributed by atoms with Crippen LogP contribution in [-0.4, -0.2) is 65.8 Å². The first-order valence-corrected chi connectivity index (χ1v) is 14.2. The van der Waals surface area contributed by atoms with Gasteiger partial charge in [0.05, 0.1) is 7.11 Å². The van der Waals surface area contributed by atoms with Crippen LogP contribution in [0.15, 0.2) is 47.4 Å². The number of ether oxygens (including phenoxy) is 2. The third kappa shape index (κ3) is 5.66. The second-order valence-corrected chi connectivity index (χ2v) is 11.5. The molecule has 0 atom stereocenters. The maximum absolute atomic E-state index is 14.3. The number of aryl methyl sites for hydroxylation is 1. The fraction of sp³-hybridized carbons (Fsp3) is 0.370. The molecule has 1 fully saturated rings. The van der Waals surface area contributed by atoms with Gasteiger partial charge >= 0.3 is 0 Å². The van der Waals surface area contributed by atoms with Crippen molar-refractivity contribution in [3.8, 4) is 23.0 Å². The summed E-state index contributed by atoms with van der Waals surface area (Å²) in [7, 11) is -2.81. The van der Waals surface area contributed by atoms with Crippen molar-refractivity contribution >= 4 is 26.7 Å². The molecule has 2 N–H and O–H groups in total.